The van der Waals surface area contributed by atoms with Crippen LogP contribution in [0, 0.1) is 5.92 Å². The normalized spacial score (nSPS) is 14.6. The number of hydrogen-bond acceptors (Lipinski definition) is 3. The Morgan fingerprint density at radius 3 is 3.00 bits per heavy atom. The lowest BCUT2D eigenvalue weighted by Crippen LogP contribution is -2.07. The van der Waals surface area contributed by atoms with Crippen LogP contribution in [-0.4, -0.2) is 19.1 Å². The second-order valence-electron chi connectivity index (χ2n) is 4.13. The van der Waals surface area contributed by atoms with E-state index in [4.69, 9.17) is 4.74 Å². The first-order valence-electron chi connectivity index (χ1n) is 5.80. The van der Waals surface area contributed by atoms with Crippen molar-refractivity contribution in [2.24, 2.45) is 5.92 Å². The third kappa shape index (κ3) is 2.99. The van der Waals surface area contributed by atoms with E-state index in [1.165, 1.54) is 12.8 Å². The molecule has 3 nitrogen and oxygen atoms in total. The van der Waals surface area contributed by atoms with Gasteiger partial charge in [-0.1, -0.05) is 6.07 Å². The Bertz CT molecular complexity index is 372. The third-order valence-corrected chi connectivity index (χ3v) is 2.67. The molecule has 0 amide bonds. The van der Waals surface area contributed by atoms with Crippen molar-refractivity contribution in [1.82, 2.24) is 0 Å². The van der Waals surface area contributed by atoms with Gasteiger partial charge in [-0.3, -0.25) is 0 Å². The molecule has 0 bridgehead atoms. The van der Waals surface area contributed by atoms with E-state index in [9.17, 15) is 4.79 Å². The lowest BCUT2D eigenvalue weighted by Gasteiger charge is -2.07. The minimum absolute atomic E-state index is 0.252. The summed E-state index contributed by atoms with van der Waals surface area (Å²) >= 11 is 0. The first-order chi connectivity index (χ1) is 7.79. The van der Waals surface area contributed by atoms with Crippen LogP contribution in [0.5, 0.6) is 0 Å². The summed E-state index contributed by atoms with van der Waals surface area (Å²) in [6.07, 6.45) is 2.65. The Morgan fingerprint density at radius 1 is 1.50 bits per heavy atom. The largest absolute Gasteiger partial charge is 0.462 e. The zero-order valence-corrected chi connectivity index (χ0v) is 9.53. The highest BCUT2D eigenvalue weighted by molar-refractivity contribution is 5.90. The zero-order valence-electron chi connectivity index (χ0n) is 9.53. The molecule has 1 N–H and O–H groups in total. The zero-order chi connectivity index (χ0) is 11.4. The molecular weight excluding hydrogens is 202 g/mol. The lowest BCUT2D eigenvalue weighted by atomic mass is 10.2. The van der Waals surface area contributed by atoms with E-state index in [1.807, 2.05) is 25.1 Å². The third-order valence-electron chi connectivity index (χ3n) is 2.67. The molecule has 0 heterocycles. The minimum Gasteiger partial charge on any atom is -0.462 e. The van der Waals surface area contributed by atoms with Crippen LogP contribution in [0.1, 0.15) is 30.1 Å². The highest BCUT2D eigenvalue weighted by Crippen LogP contribution is 2.29. The molecule has 1 saturated carbocycles. The van der Waals surface area contributed by atoms with Crippen LogP contribution in [0.3, 0.4) is 0 Å². The van der Waals surface area contributed by atoms with E-state index in [1.54, 1.807) is 6.07 Å². The molecule has 1 fully saturated rings. The summed E-state index contributed by atoms with van der Waals surface area (Å²) in [7, 11) is 0. The Kier molecular flexibility index (Phi) is 3.44. The minimum atomic E-state index is -0.252. The smallest absolute Gasteiger partial charge is 0.338 e. The molecule has 0 saturated heterocycles. The first kappa shape index (κ1) is 11.0. The fourth-order valence-electron chi connectivity index (χ4n) is 1.55. The Balaban J connectivity index is 1.97. The number of hydrogen-bond donors (Lipinski definition) is 1. The molecule has 1 aromatic rings. The van der Waals surface area contributed by atoms with Gasteiger partial charge in [0.2, 0.25) is 0 Å². The number of benzene rings is 1. The van der Waals surface area contributed by atoms with Gasteiger partial charge >= 0.3 is 5.97 Å². The molecule has 1 aliphatic carbocycles. The fraction of sp³-hybridized carbons (Fsp3) is 0.462. The quantitative estimate of drug-likeness (QED) is 0.774. The second kappa shape index (κ2) is 5.01. The maximum atomic E-state index is 11.5. The SMILES string of the molecule is CCOC(=O)c1cccc(NCC2CC2)c1. The molecule has 86 valence electrons. The van der Waals surface area contributed by atoms with E-state index in [-0.39, 0.29) is 5.97 Å². The van der Waals surface area contributed by atoms with Gasteiger partial charge in [-0.2, -0.15) is 0 Å². The number of nitrogens with one attached hydrogen (secondary N) is 1. The maximum absolute atomic E-state index is 11.5. The van der Waals surface area contributed by atoms with Crippen LogP contribution >= 0.6 is 0 Å². The fourth-order valence-corrected chi connectivity index (χ4v) is 1.55. The number of esters is 1. The van der Waals surface area contributed by atoms with Gasteiger partial charge in [0.1, 0.15) is 0 Å². The van der Waals surface area contributed by atoms with Crippen molar-refractivity contribution in [2.45, 2.75) is 19.8 Å². The van der Waals surface area contributed by atoms with Crippen molar-refractivity contribution in [3.05, 3.63) is 29.8 Å². The van der Waals surface area contributed by atoms with Crippen molar-refractivity contribution >= 4 is 11.7 Å². The van der Waals surface area contributed by atoms with Crippen LogP contribution in [-0.2, 0) is 4.74 Å². The number of rotatable bonds is 5. The highest BCUT2D eigenvalue weighted by atomic mass is 16.5. The molecule has 0 unspecified atom stereocenters. The molecule has 0 aliphatic heterocycles. The molecule has 1 aliphatic rings. The van der Waals surface area contributed by atoms with Gasteiger partial charge < -0.3 is 10.1 Å². The Hall–Kier alpha value is -1.51. The Morgan fingerprint density at radius 2 is 2.31 bits per heavy atom. The summed E-state index contributed by atoms with van der Waals surface area (Å²) in [4.78, 5) is 11.5. The van der Waals surface area contributed by atoms with Crippen molar-refractivity contribution < 1.29 is 9.53 Å². The average Bonchev–Trinajstić information content (AvgIpc) is 3.11. The van der Waals surface area contributed by atoms with Crippen molar-refractivity contribution in [3.8, 4) is 0 Å². The van der Waals surface area contributed by atoms with E-state index >= 15 is 0 Å². The standard InChI is InChI=1S/C13H17NO2/c1-2-16-13(15)11-4-3-5-12(8-11)14-9-10-6-7-10/h3-5,8,10,14H,2,6-7,9H2,1H3. The first-order valence-corrected chi connectivity index (χ1v) is 5.80. The molecular formula is C13H17NO2. The van der Waals surface area contributed by atoms with Crippen molar-refractivity contribution in [1.29, 1.82) is 0 Å². The summed E-state index contributed by atoms with van der Waals surface area (Å²) < 4.78 is 4.95. The molecule has 0 radical (unpaired) electrons. The van der Waals surface area contributed by atoms with Crippen LogP contribution in [0.2, 0.25) is 0 Å². The maximum Gasteiger partial charge on any atom is 0.338 e. The number of carbonyl (C=O) groups is 1. The lowest BCUT2D eigenvalue weighted by molar-refractivity contribution is 0.0526. The molecule has 0 spiro atoms. The van der Waals surface area contributed by atoms with E-state index in [0.29, 0.717) is 12.2 Å². The van der Waals surface area contributed by atoms with Gasteiger partial charge in [-0.05, 0) is 43.9 Å². The van der Waals surface area contributed by atoms with Gasteiger partial charge in [0.05, 0.1) is 12.2 Å². The summed E-state index contributed by atoms with van der Waals surface area (Å²) in [5.41, 5.74) is 1.61. The summed E-state index contributed by atoms with van der Waals surface area (Å²) in [6.45, 7) is 3.23. The number of carbonyl (C=O) groups excluding carboxylic acids is 1. The molecule has 16 heavy (non-hydrogen) atoms. The van der Waals surface area contributed by atoms with Gasteiger partial charge in [0.15, 0.2) is 0 Å². The van der Waals surface area contributed by atoms with Crippen LogP contribution < -0.4 is 5.32 Å². The summed E-state index contributed by atoms with van der Waals surface area (Å²) in [5.74, 6) is 0.573. The molecule has 0 atom stereocenters. The van der Waals surface area contributed by atoms with E-state index in [0.717, 1.165) is 18.2 Å². The Labute approximate surface area is 95.8 Å². The molecule has 0 aromatic heterocycles. The summed E-state index contributed by atoms with van der Waals surface area (Å²) in [5, 5.41) is 3.34. The van der Waals surface area contributed by atoms with Crippen LogP contribution in [0.25, 0.3) is 0 Å². The van der Waals surface area contributed by atoms with Crippen molar-refractivity contribution in [2.75, 3.05) is 18.5 Å². The predicted molar refractivity (Wildman–Crippen MR) is 63.6 cm³/mol. The molecule has 2 rings (SSSR count). The van der Waals surface area contributed by atoms with Crippen molar-refractivity contribution in [3.63, 3.8) is 0 Å². The van der Waals surface area contributed by atoms with Gasteiger partial charge in [-0.25, -0.2) is 4.79 Å². The molecule has 1 aromatic carbocycles. The van der Waals surface area contributed by atoms with Gasteiger partial charge in [0.25, 0.3) is 0 Å². The number of ether oxygens (including phenoxy) is 1. The average molecular weight is 219 g/mol. The monoisotopic (exact) mass is 219 g/mol. The van der Waals surface area contributed by atoms with E-state index < -0.39 is 0 Å². The van der Waals surface area contributed by atoms with Crippen LogP contribution in [0.4, 0.5) is 5.69 Å². The second-order valence-corrected chi connectivity index (χ2v) is 4.13. The topological polar surface area (TPSA) is 38.3 Å². The highest BCUT2D eigenvalue weighted by Gasteiger charge is 2.20. The molecule has 3 heteroatoms. The van der Waals surface area contributed by atoms with Gasteiger partial charge in [0, 0.05) is 12.2 Å². The summed E-state index contributed by atoms with van der Waals surface area (Å²) in [6, 6.07) is 7.48. The van der Waals surface area contributed by atoms with Crippen LogP contribution in [0.15, 0.2) is 24.3 Å². The van der Waals surface area contributed by atoms with Gasteiger partial charge in [-0.15, -0.1) is 0 Å². The number of anilines is 1. The van der Waals surface area contributed by atoms with E-state index in [2.05, 4.69) is 5.32 Å². The predicted octanol–water partition coefficient (Wildman–Crippen LogP) is 2.69.